The van der Waals surface area contributed by atoms with Crippen LogP contribution < -0.4 is 5.73 Å². The van der Waals surface area contributed by atoms with Crippen molar-refractivity contribution in [3.05, 3.63) is 36.0 Å². The van der Waals surface area contributed by atoms with E-state index in [1.807, 2.05) is 6.07 Å². The summed E-state index contributed by atoms with van der Waals surface area (Å²) in [7, 11) is 0. The summed E-state index contributed by atoms with van der Waals surface area (Å²) in [5.41, 5.74) is 5.74. The Hall–Kier alpha value is -1.97. The van der Waals surface area contributed by atoms with Gasteiger partial charge >= 0.3 is 0 Å². The van der Waals surface area contributed by atoms with E-state index in [1.54, 1.807) is 24.3 Å². The number of rotatable bonds is 1. The van der Waals surface area contributed by atoms with Crippen LogP contribution >= 0.6 is 0 Å². The highest BCUT2D eigenvalue weighted by Crippen LogP contribution is 2.17. The van der Waals surface area contributed by atoms with Gasteiger partial charge in [0, 0.05) is 5.39 Å². The first kappa shape index (κ1) is 7.67. The molecule has 0 spiro atoms. The quantitative estimate of drug-likeness (QED) is 0.636. The molecule has 2 aromatic rings. The Bertz CT molecular complexity index is 473. The van der Waals surface area contributed by atoms with Crippen LogP contribution in [0.2, 0.25) is 0 Å². The fraction of sp³-hybridized carbons (Fsp3) is 0. The zero-order valence-electron chi connectivity index (χ0n) is 6.77. The van der Waals surface area contributed by atoms with Crippen molar-refractivity contribution in [2.24, 2.45) is 5.73 Å². The van der Waals surface area contributed by atoms with Crippen LogP contribution in [0.25, 0.3) is 10.9 Å². The number of hydrogen-bond acceptors (Lipinski definition) is 2. The second-order valence-electron chi connectivity index (χ2n) is 2.76. The Morgan fingerprint density at radius 2 is 2.08 bits per heavy atom. The van der Waals surface area contributed by atoms with Crippen LogP contribution in [0.15, 0.2) is 30.3 Å². The lowest BCUT2D eigenvalue weighted by Gasteiger charge is -1.96. The number of nitrogens with two attached hydrogens (primary N) is 1. The van der Waals surface area contributed by atoms with E-state index in [0.29, 0.717) is 5.52 Å². The molecule has 1 aromatic heterocycles. The minimum Gasteiger partial charge on any atom is -0.428 e. The van der Waals surface area contributed by atoms with Gasteiger partial charge in [0.1, 0.15) is 5.69 Å². The highest BCUT2D eigenvalue weighted by atomic mass is 16.5. The van der Waals surface area contributed by atoms with Crippen LogP contribution in [0.3, 0.4) is 0 Å². The maximum atomic E-state index is 10.8. The van der Waals surface area contributed by atoms with Crippen LogP contribution in [-0.2, 0) is 0 Å². The Morgan fingerprint density at radius 1 is 1.38 bits per heavy atom. The highest BCUT2D eigenvalue weighted by molar-refractivity contribution is 5.97. The van der Waals surface area contributed by atoms with Crippen LogP contribution in [0.4, 0.5) is 0 Å². The molecular weight excluding hydrogens is 168 g/mol. The molecule has 0 aliphatic heterocycles. The third kappa shape index (κ3) is 1.03. The van der Waals surface area contributed by atoms with E-state index in [4.69, 9.17) is 5.73 Å². The second kappa shape index (κ2) is 2.52. The first-order chi connectivity index (χ1) is 6.20. The maximum absolute atomic E-state index is 10.8. The molecule has 1 amide bonds. The van der Waals surface area contributed by atoms with Gasteiger partial charge in [0.15, 0.2) is 0 Å². The van der Waals surface area contributed by atoms with Crippen molar-refractivity contribution in [3.63, 3.8) is 0 Å². The molecule has 13 heavy (non-hydrogen) atoms. The molecule has 0 saturated heterocycles. The lowest BCUT2D eigenvalue weighted by atomic mass is 10.2. The molecule has 0 fully saturated rings. The Labute approximate surface area is 74.1 Å². The number of para-hydroxylation sites is 1. The molecule has 1 heterocycles. The monoisotopic (exact) mass is 176 g/mol. The molecule has 0 atom stereocenters. The Kier molecular flexibility index (Phi) is 1.48. The number of aromatic nitrogens is 1. The van der Waals surface area contributed by atoms with Crippen LogP contribution in [0.5, 0.6) is 0 Å². The Balaban J connectivity index is 2.81. The van der Waals surface area contributed by atoms with Crippen LogP contribution in [-0.4, -0.2) is 15.8 Å². The minimum absolute atomic E-state index is 0.0983. The standard InChI is InChI=1S/C9H8N2O2/c10-9(12)8-5-6-3-1-2-4-7(6)11(8)13/h1-5,13H,(H2,10,12). The zero-order chi connectivity index (χ0) is 9.42. The van der Waals surface area contributed by atoms with Crippen LogP contribution in [0, 0.1) is 0 Å². The summed E-state index contributed by atoms with van der Waals surface area (Å²) in [5.74, 6) is -0.640. The molecule has 4 nitrogen and oxygen atoms in total. The first-order valence-corrected chi connectivity index (χ1v) is 3.79. The number of benzene rings is 1. The van der Waals surface area contributed by atoms with Crippen molar-refractivity contribution in [3.8, 4) is 0 Å². The van der Waals surface area contributed by atoms with Gasteiger partial charge in [0.2, 0.25) is 0 Å². The molecule has 0 aliphatic rings. The Morgan fingerprint density at radius 3 is 2.69 bits per heavy atom. The smallest absolute Gasteiger partial charge is 0.268 e. The average molecular weight is 176 g/mol. The van der Waals surface area contributed by atoms with Gasteiger partial charge in [0.25, 0.3) is 5.91 Å². The number of amides is 1. The normalized spacial score (nSPS) is 10.5. The van der Waals surface area contributed by atoms with Gasteiger partial charge in [-0.15, -0.1) is 0 Å². The number of carbonyl (C=O) groups excluding carboxylic acids is 1. The number of carbonyl (C=O) groups is 1. The van der Waals surface area contributed by atoms with E-state index in [9.17, 15) is 10.0 Å². The van der Waals surface area contributed by atoms with E-state index in [-0.39, 0.29) is 5.69 Å². The zero-order valence-corrected chi connectivity index (χ0v) is 6.77. The number of primary amides is 1. The average Bonchev–Trinajstić information content (AvgIpc) is 2.45. The molecule has 4 heteroatoms. The van der Waals surface area contributed by atoms with Gasteiger partial charge in [-0.05, 0) is 12.1 Å². The van der Waals surface area contributed by atoms with Gasteiger partial charge in [0.05, 0.1) is 5.52 Å². The van der Waals surface area contributed by atoms with Crippen molar-refractivity contribution in [1.82, 2.24) is 4.73 Å². The van der Waals surface area contributed by atoms with Gasteiger partial charge in [-0.3, -0.25) is 4.79 Å². The van der Waals surface area contributed by atoms with Crippen molar-refractivity contribution < 1.29 is 10.0 Å². The van der Waals surface area contributed by atoms with E-state index in [0.717, 1.165) is 10.1 Å². The van der Waals surface area contributed by atoms with E-state index in [2.05, 4.69) is 0 Å². The SMILES string of the molecule is NC(=O)c1cc2ccccc2n1O. The number of nitrogens with zero attached hydrogens (tertiary/aromatic N) is 1. The summed E-state index contributed by atoms with van der Waals surface area (Å²) in [5, 5.41) is 10.3. The minimum atomic E-state index is -0.640. The van der Waals surface area contributed by atoms with Gasteiger partial charge in [-0.25, -0.2) is 0 Å². The maximum Gasteiger partial charge on any atom is 0.268 e. The van der Waals surface area contributed by atoms with Crippen molar-refractivity contribution in [2.45, 2.75) is 0 Å². The summed E-state index contributed by atoms with van der Waals surface area (Å²) in [6.07, 6.45) is 0. The fourth-order valence-electron chi connectivity index (χ4n) is 1.32. The number of hydrogen-bond donors (Lipinski definition) is 2. The van der Waals surface area contributed by atoms with Gasteiger partial charge in [-0.2, -0.15) is 4.73 Å². The highest BCUT2D eigenvalue weighted by Gasteiger charge is 2.10. The largest absolute Gasteiger partial charge is 0.428 e. The topological polar surface area (TPSA) is 68.2 Å². The van der Waals surface area contributed by atoms with Gasteiger partial charge in [-0.1, -0.05) is 18.2 Å². The lowest BCUT2D eigenvalue weighted by molar-refractivity contribution is 0.0956. The first-order valence-electron chi connectivity index (χ1n) is 3.79. The third-order valence-corrected chi connectivity index (χ3v) is 1.94. The lowest BCUT2D eigenvalue weighted by Crippen LogP contribution is -2.15. The third-order valence-electron chi connectivity index (χ3n) is 1.94. The van der Waals surface area contributed by atoms with E-state index in [1.165, 1.54) is 0 Å². The summed E-state index contributed by atoms with van der Waals surface area (Å²) in [6, 6.07) is 8.67. The van der Waals surface area contributed by atoms with Crippen molar-refractivity contribution in [2.75, 3.05) is 0 Å². The summed E-state index contributed by atoms with van der Waals surface area (Å²) < 4.78 is 0.803. The van der Waals surface area contributed by atoms with E-state index < -0.39 is 5.91 Å². The summed E-state index contributed by atoms with van der Waals surface area (Å²) >= 11 is 0. The molecule has 0 bridgehead atoms. The second-order valence-corrected chi connectivity index (χ2v) is 2.76. The molecule has 66 valence electrons. The molecule has 0 unspecified atom stereocenters. The fourth-order valence-corrected chi connectivity index (χ4v) is 1.32. The molecule has 0 saturated carbocycles. The van der Waals surface area contributed by atoms with E-state index >= 15 is 0 Å². The van der Waals surface area contributed by atoms with Gasteiger partial charge < -0.3 is 10.9 Å². The molecular formula is C9H8N2O2. The molecule has 1 aromatic carbocycles. The molecule has 0 aliphatic carbocycles. The molecule has 3 N–H and O–H groups in total. The summed E-state index contributed by atoms with van der Waals surface area (Å²) in [4.78, 5) is 10.8. The predicted octanol–water partition coefficient (Wildman–Crippen LogP) is 0.978. The predicted molar refractivity (Wildman–Crippen MR) is 47.6 cm³/mol. The van der Waals surface area contributed by atoms with Crippen molar-refractivity contribution >= 4 is 16.8 Å². The van der Waals surface area contributed by atoms with Crippen molar-refractivity contribution in [1.29, 1.82) is 0 Å². The number of fused-ring (bicyclic) bond motifs is 1. The molecule has 0 radical (unpaired) electrons. The van der Waals surface area contributed by atoms with Crippen LogP contribution in [0.1, 0.15) is 10.5 Å². The molecule has 2 rings (SSSR count). The summed E-state index contributed by atoms with van der Waals surface area (Å²) in [6.45, 7) is 0.